The Morgan fingerprint density at radius 3 is 2.32 bits per heavy atom. The summed E-state index contributed by atoms with van der Waals surface area (Å²) in [6, 6.07) is 5.98. The number of hydroxylamine groups is 2. The first-order chi connectivity index (χ1) is 17.6. The number of hydrogen-bond acceptors (Lipinski definition) is 5. The lowest BCUT2D eigenvalue weighted by Gasteiger charge is -2.39. The molecular formula is C28H43FN4O4. The van der Waals surface area contributed by atoms with Gasteiger partial charge in [0.2, 0.25) is 18.2 Å². The summed E-state index contributed by atoms with van der Waals surface area (Å²) in [5, 5.41) is 16.8. The molecule has 3 N–H and O–H groups in total. The van der Waals surface area contributed by atoms with E-state index in [0.717, 1.165) is 44.1 Å². The van der Waals surface area contributed by atoms with Gasteiger partial charge in [-0.15, -0.1) is 0 Å². The highest BCUT2D eigenvalue weighted by Crippen LogP contribution is 2.31. The van der Waals surface area contributed by atoms with Gasteiger partial charge in [0.1, 0.15) is 11.9 Å². The second-order valence-corrected chi connectivity index (χ2v) is 11.7. The van der Waals surface area contributed by atoms with Gasteiger partial charge in [0.15, 0.2) is 0 Å². The van der Waals surface area contributed by atoms with Crippen molar-refractivity contribution in [3.8, 4) is 0 Å². The third-order valence-corrected chi connectivity index (χ3v) is 7.71. The maximum Gasteiger partial charge on any atom is 0.245 e. The average molecular weight is 519 g/mol. The molecule has 8 nitrogen and oxygen atoms in total. The maximum absolute atomic E-state index is 13.6. The number of hydrogen-bond donors (Lipinski definition) is 3. The lowest BCUT2D eigenvalue weighted by atomic mass is 9.84. The van der Waals surface area contributed by atoms with Crippen LogP contribution in [0, 0.1) is 23.1 Å². The zero-order valence-electron chi connectivity index (χ0n) is 22.4. The lowest BCUT2D eigenvalue weighted by Crippen LogP contribution is -2.58. The summed E-state index contributed by atoms with van der Waals surface area (Å²) >= 11 is 0. The van der Waals surface area contributed by atoms with Crippen LogP contribution >= 0.6 is 0 Å². The number of rotatable bonds is 11. The molecule has 1 heterocycles. The van der Waals surface area contributed by atoms with E-state index in [-0.39, 0.29) is 30.2 Å². The van der Waals surface area contributed by atoms with Gasteiger partial charge >= 0.3 is 0 Å². The minimum Gasteiger partial charge on any atom is -0.344 e. The van der Waals surface area contributed by atoms with E-state index in [0.29, 0.717) is 43.4 Å². The largest absolute Gasteiger partial charge is 0.344 e. The minimum atomic E-state index is -0.710. The summed E-state index contributed by atoms with van der Waals surface area (Å²) in [6.45, 7) is 7.53. The van der Waals surface area contributed by atoms with Crippen molar-refractivity contribution in [2.45, 2.75) is 84.3 Å². The molecule has 0 bridgehead atoms. The molecule has 2 atom stereocenters. The lowest BCUT2D eigenvalue weighted by molar-refractivity contribution is -0.156. The fourth-order valence-electron chi connectivity index (χ4n) is 5.44. The third-order valence-electron chi connectivity index (χ3n) is 7.71. The topological polar surface area (TPSA) is 102 Å². The molecule has 0 aromatic heterocycles. The van der Waals surface area contributed by atoms with E-state index in [9.17, 15) is 24.0 Å². The van der Waals surface area contributed by atoms with Gasteiger partial charge in [-0.25, -0.2) is 9.45 Å². The standard InChI is InChI=1S/C28H43FN4O4/c1-28(2,3)25(31-26(35)22(18-33(37)19-34)16-20-6-4-5-7-20)27(36)32-14-12-24(13-15-32)30-17-21-8-10-23(29)11-9-21/h8-11,19-20,22,24-25,30,37H,4-7,12-18H2,1-3H3,(H,31,35)/t22?,25-/m1/s1. The number of nitrogens with zero attached hydrogens (tertiary/aromatic N) is 2. The third kappa shape index (κ3) is 8.78. The molecule has 2 aliphatic rings. The first-order valence-corrected chi connectivity index (χ1v) is 13.5. The molecule has 206 valence electrons. The van der Waals surface area contributed by atoms with Crippen LogP contribution in [-0.2, 0) is 20.9 Å². The summed E-state index contributed by atoms with van der Waals surface area (Å²) in [5.41, 5.74) is 0.505. The Labute approximate surface area is 219 Å². The van der Waals surface area contributed by atoms with E-state index < -0.39 is 17.4 Å². The Hall–Kier alpha value is -2.52. The number of halogens is 1. The quantitative estimate of drug-likeness (QED) is 0.237. The van der Waals surface area contributed by atoms with Gasteiger partial charge in [-0.1, -0.05) is 58.6 Å². The van der Waals surface area contributed by atoms with Crippen LogP contribution < -0.4 is 10.6 Å². The minimum absolute atomic E-state index is 0.0813. The normalized spacial score (nSPS) is 18.9. The summed E-state index contributed by atoms with van der Waals surface area (Å²) in [5.74, 6) is -0.831. The first-order valence-electron chi connectivity index (χ1n) is 13.5. The van der Waals surface area contributed by atoms with Crippen LogP contribution in [0.2, 0.25) is 0 Å². The Kier molecular flexibility index (Phi) is 10.5. The van der Waals surface area contributed by atoms with Gasteiger partial charge in [0.25, 0.3) is 0 Å². The van der Waals surface area contributed by atoms with Crippen molar-refractivity contribution >= 4 is 18.2 Å². The van der Waals surface area contributed by atoms with Crippen molar-refractivity contribution < 1.29 is 24.0 Å². The van der Waals surface area contributed by atoms with Gasteiger partial charge in [-0.2, -0.15) is 0 Å². The van der Waals surface area contributed by atoms with E-state index in [1.54, 1.807) is 12.1 Å². The SMILES string of the molecule is CC(C)(C)[C@H](NC(=O)C(CC1CCCC1)CN(O)C=O)C(=O)N1CCC(NCc2ccc(F)cc2)CC1. The van der Waals surface area contributed by atoms with Gasteiger partial charge in [-0.3, -0.25) is 19.6 Å². The molecule has 0 radical (unpaired) electrons. The Morgan fingerprint density at radius 1 is 1.14 bits per heavy atom. The van der Waals surface area contributed by atoms with Crippen LogP contribution in [-0.4, -0.2) is 65.1 Å². The van der Waals surface area contributed by atoms with Crippen LogP contribution in [0.25, 0.3) is 0 Å². The number of benzene rings is 1. The average Bonchev–Trinajstić information content (AvgIpc) is 3.38. The zero-order chi connectivity index (χ0) is 27.0. The molecule has 1 aromatic carbocycles. The summed E-state index contributed by atoms with van der Waals surface area (Å²) in [7, 11) is 0. The highest BCUT2D eigenvalue weighted by atomic mass is 19.1. The van der Waals surface area contributed by atoms with E-state index >= 15 is 0 Å². The number of amides is 3. The van der Waals surface area contributed by atoms with E-state index in [1.807, 2.05) is 25.7 Å². The summed E-state index contributed by atoms with van der Waals surface area (Å²) in [4.78, 5) is 39.8. The molecular weight excluding hydrogens is 475 g/mol. The molecule has 3 rings (SSSR count). The van der Waals surface area contributed by atoms with Crippen LogP contribution in [0.1, 0.15) is 71.3 Å². The monoisotopic (exact) mass is 518 g/mol. The van der Waals surface area contributed by atoms with Crippen LogP contribution in [0.3, 0.4) is 0 Å². The van der Waals surface area contributed by atoms with Crippen molar-refractivity contribution in [1.29, 1.82) is 0 Å². The predicted molar refractivity (Wildman–Crippen MR) is 139 cm³/mol. The molecule has 1 saturated heterocycles. The molecule has 1 unspecified atom stereocenters. The molecule has 2 fully saturated rings. The van der Waals surface area contributed by atoms with Crippen LogP contribution in [0.5, 0.6) is 0 Å². The van der Waals surface area contributed by atoms with Crippen molar-refractivity contribution in [3.63, 3.8) is 0 Å². The number of likely N-dealkylation sites (tertiary alicyclic amines) is 1. The van der Waals surface area contributed by atoms with Crippen molar-refractivity contribution in [2.24, 2.45) is 17.3 Å². The number of carbonyl (C=O) groups is 3. The predicted octanol–water partition coefficient (Wildman–Crippen LogP) is 3.48. The molecule has 1 aliphatic carbocycles. The van der Waals surface area contributed by atoms with Crippen LogP contribution in [0.4, 0.5) is 4.39 Å². The zero-order valence-corrected chi connectivity index (χ0v) is 22.4. The number of piperidine rings is 1. The fraction of sp³-hybridized carbons (Fsp3) is 0.679. The highest BCUT2D eigenvalue weighted by Gasteiger charge is 2.38. The van der Waals surface area contributed by atoms with E-state index in [4.69, 9.17) is 0 Å². The molecule has 1 saturated carbocycles. The summed E-state index contributed by atoms with van der Waals surface area (Å²) in [6.07, 6.45) is 6.84. The molecule has 9 heteroatoms. The smallest absolute Gasteiger partial charge is 0.245 e. The van der Waals surface area contributed by atoms with Gasteiger partial charge < -0.3 is 15.5 Å². The molecule has 0 spiro atoms. The molecule has 37 heavy (non-hydrogen) atoms. The molecule has 1 aromatic rings. The van der Waals surface area contributed by atoms with Crippen LogP contribution in [0.15, 0.2) is 24.3 Å². The number of carbonyl (C=O) groups excluding carboxylic acids is 3. The Bertz CT molecular complexity index is 890. The Morgan fingerprint density at radius 2 is 1.76 bits per heavy atom. The fourth-order valence-corrected chi connectivity index (χ4v) is 5.44. The van der Waals surface area contributed by atoms with E-state index in [1.165, 1.54) is 12.1 Å². The van der Waals surface area contributed by atoms with Crippen molar-refractivity contribution in [1.82, 2.24) is 20.6 Å². The van der Waals surface area contributed by atoms with Gasteiger partial charge in [0, 0.05) is 25.7 Å². The van der Waals surface area contributed by atoms with Gasteiger partial charge in [-0.05, 0) is 48.3 Å². The van der Waals surface area contributed by atoms with E-state index in [2.05, 4.69) is 10.6 Å². The maximum atomic E-state index is 13.6. The highest BCUT2D eigenvalue weighted by molar-refractivity contribution is 5.89. The molecule has 3 amide bonds. The first kappa shape index (κ1) is 29.0. The van der Waals surface area contributed by atoms with Crippen molar-refractivity contribution in [3.05, 3.63) is 35.6 Å². The second-order valence-electron chi connectivity index (χ2n) is 11.7. The summed E-state index contributed by atoms with van der Waals surface area (Å²) < 4.78 is 13.1. The number of nitrogens with one attached hydrogen (secondary N) is 2. The molecule has 1 aliphatic heterocycles. The van der Waals surface area contributed by atoms with Crippen molar-refractivity contribution in [2.75, 3.05) is 19.6 Å². The second kappa shape index (κ2) is 13.3. The van der Waals surface area contributed by atoms with Gasteiger partial charge in [0.05, 0.1) is 12.5 Å². The Balaban J connectivity index is 1.57.